The topological polar surface area (TPSA) is 62.7 Å². The number of pyridine rings is 1. The molecular weight excluding hydrogens is 244 g/mol. The van der Waals surface area contributed by atoms with E-state index < -0.39 is 5.97 Å². The van der Waals surface area contributed by atoms with Gasteiger partial charge in [0.1, 0.15) is 11.6 Å². The first-order valence-corrected chi connectivity index (χ1v) is 5.69. The lowest BCUT2D eigenvalue weighted by molar-refractivity contribution is 0.0697. The Morgan fingerprint density at radius 2 is 1.95 bits per heavy atom. The van der Waals surface area contributed by atoms with Gasteiger partial charge < -0.3 is 14.7 Å². The van der Waals surface area contributed by atoms with Gasteiger partial charge in [-0.15, -0.1) is 0 Å². The number of nitrogens with zero attached hydrogens (tertiary/aromatic N) is 2. The van der Waals surface area contributed by atoms with Gasteiger partial charge >= 0.3 is 5.97 Å². The predicted octanol–water partition coefficient (Wildman–Crippen LogP) is 2.56. The maximum atomic E-state index is 10.9. The summed E-state index contributed by atoms with van der Waals surface area (Å²) in [6.07, 6.45) is 1.48. The third kappa shape index (κ3) is 2.82. The number of methoxy groups -OCH3 is 1. The first kappa shape index (κ1) is 12.9. The molecule has 0 bridgehead atoms. The van der Waals surface area contributed by atoms with E-state index in [9.17, 15) is 4.79 Å². The van der Waals surface area contributed by atoms with Crippen LogP contribution < -0.4 is 9.64 Å². The van der Waals surface area contributed by atoms with E-state index in [0.29, 0.717) is 5.82 Å². The molecule has 0 radical (unpaired) electrons. The van der Waals surface area contributed by atoms with Crippen LogP contribution in [0.1, 0.15) is 10.4 Å². The van der Waals surface area contributed by atoms with Crippen LogP contribution in [-0.2, 0) is 0 Å². The number of carboxylic acid groups (broad SMARTS) is 1. The molecule has 0 amide bonds. The number of carbonyl (C=O) groups is 1. The minimum Gasteiger partial charge on any atom is -0.497 e. The molecule has 2 aromatic rings. The summed E-state index contributed by atoms with van der Waals surface area (Å²) >= 11 is 0. The summed E-state index contributed by atoms with van der Waals surface area (Å²) in [6, 6.07) is 10.4. The van der Waals surface area contributed by atoms with Crippen molar-refractivity contribution in [2.75, 3.05) is 19.1 Å². The van der Waals surface area contributed by atoms with Gasteiger partial charge in [-0.3, -0.25) is 0 Å². The zero-order chi connectivity index (χ0) is 13.8. The second-order valence-electron chi connectivity index (χ2n) is 3.96. The van der Waals surface area contributed by atoms with E-state index in [0.717, 1.165) is 11.4 Å². The van der Waals surface area contributed by atoms with Gasteiger partial charge in [-0.1, -0.05) is 0 Å². The van der Waals surface area contributed by atoms with Crippen LogP contribution in [0.4, 0.5) is 11.5 Å². The summed E-state index contributed by atoms with van der Waals surface area (Å²) in [5, 5.41) is 8.97. The number of benzene rings is 1. The second kappa shape index (κ2) is 5.39. The maximum absolute atomic E-state index is 10.9. The van der Waals surface area contributed by atoms with Crippen LogP contribution >= 0.6 is 0 Å². The Morgan fingerprint density at radius 3 is 2.53 bits per heavy atom. The molecule has 0 spiro atoms. The standard InChI is InChI=1S/C14H14N2O3/c1-16(11-3-5-12(19-2)6-4-11)13-9-10(14(17)18)7-8-15-13/h3-9H,1-2H3,(H,17,18). The number of hydrogen-bond donors (Lipinski definition) is 1. The molecule has 1 aromatic heterocycles. The Balaban J connectivity index is 2.29. The van der Waals surface area contributed by atoms with E-state index in [1.54, 1.807) is 7.11 Å². The largest absolute Gasteiger partial charge is 0.497 e. The Labute approximate surface area is 111 Å². The van der Waals surface area contributed by atoms with Crippen molar-refractivity contribution in [1.29, 1.82) is 0 Å². The molecule has 0 aliphatic heterocycles. The van der Waals surface area contributed by atoms with E-state index in [2.05, 4.69) is 4.98 Å². The Kier molecular flexibility index (Phi) is 3.66. The van der Waals surface area contributed by atoms with Gasteiger partial charge in [-0.05, 0) is 36.4 Å². The number of aromatic nitrogens is 1. The van der Waals surface area contributed by atoms with Crippen LogP contribution in [0.5, 0.6) is 5.75 Å². The smallest absolute Gasteiger partial charge is 0.335 e. The highest BCUT2D eigenvalue weighted by Gasteiger charge is 2.09. The lowest BCUT2D eigenvalue weighted by Crippen LogP contribution is -2.12. The normalized spacial score (nSPS) is 10.0. The Bertz CT molecular complexity index is 581. The maximum Gasteiger partial charge on any atom is 0.335 e. The minimum atomic E-state index is -0.966. The van der Waals surface area contributed by atoms with Crippen LogP contribution in [0.25, 0.3) is 0 Å². The van der Waals surface area contributed by atoms with Crippen LogP contribution in [-0.4, -0.2) is 30.2 Å². The van der Waals surface area contributed by atoms with Crippen molar-refractivity contribution in [3.05, 3.63) is 48.2 Å². The van der Waals surface area contributed by atoms with Crippen LogP contribution in [0.2, 0.25) is 0 Å². The average molecular weight is 258 g/mol. The lowest BCUT2D eigenvalue weighted by atomic mass is 10.2. The second-order valence-corrected chi connectivity index (χ2v) is 3.96. The summed E-state index contributed by atoms with van der Waals surface area (Å²) in [5.74, 6) is 0.376. The molecule has 0 fully saturated rings. The molecule has 1 N–H and O–H groups in total. The summed E-state index contributed by atoms with van der Waals surface area (Å²) in [6.45, 7) is 0. The van der Waals surface area contributed by atoms with Crippen LogP contribution in [0.15, 0.2) is 42.6 Å². The lowest BCUT2D eigenvalue weighted by Gasteiger charge is -2.18. The van der Waals surface area contributed by atoms with Crippen molar-refractivity contribution in [3.63, 3.8) is 0 Å². The van der Waals surface area contributed by atoms with Gasteiger partial charge in [-0.25, -0.2) is 9.78 Å². The van der Waals surface area contributed by atoms with Crippen molar-refractivity contribution in [1.82, 2.24) is 4.98 Å². The molecule has 0 aliphatic rings. The van der Waals surface area contributed by atoms with Crippen molar-refractivity contribution < 1.29 is 14.6 Å². The molecular formula is C14H14N2O3. The van der Waals surface area contributed by atoms with Gasteiger partial charge in [0.05, 0.1) is 12.7 Å². The van der Waals surface area contributed by atoms with Crippen LogP contribution in [0, 0.1) is 0 Å². The number of hydrogen-bond acceptors (Lipinski definition) is 4. The third-order valence-corrected chi connectivity index (χ3v) is 2.80. The molecule has 1 heterocycles. The van der Waals surface area contributed by atoms with Crippen molar-refractivity contribution in [2.45, 2.75) is 0 Å². The molecule has 0 saturated carbocycles. The molecule has 5 nitrogen and oxygen atoms in total. The number of anilines is 2. The van der Waals surface area contributed by atoms with Gasteiger partial charge in [0, 0.05) is 18.9 Å². The highest BCUT2D eigenvalue weighted by molar-refractivity contribution is 5.88. The van der Waals surface area contributed by atoms with Crippen molar-refractivity contribution in [2.24, 2.45) is 0 Å². The highest BCUT2D eigenvalue weighted by atomic mass is 16.5. The molecule has 0 atom stereocenters. The summed E-state index contributed by atoms with van der Waals surface area (Å²) in [4.78, 5) is 16.9. The molecule has 0 saturated heterocycles. The first-order chi connectivity index (χ1) is 9.11. The monoisotopic (exact) mass is 258 g/mol. The van der Waals surface area contributed by atoms with Crippen LogP contribution in [0.3, 0.4) is 0 Å². The Morgan fingerprint density at radius 1 is 1.26 bits per heavy atom. The summed E-state index contributed by atoms with van der Waals surface area (Å²) in [7, 11) is 3.44. The van der Waals surface area contributed by atoms with E-state index >= 15 is 0 Å². The van der Waals surface area contributed by atoms with Gasteiger partial charge in [0.2, 0.25) is 0 Å². The SMILES string of the molecule is COc1ccc(N(C)c2cc(C(=O)O)ccn2)cc1. The summed E-state index contributed by atoms with van der Waals surface area (Å²) < 4.78 is 5.09. The number of aromatic carboxylic acids is 1. The van der Waals surface area contributed by atoms with Gasteiger partial charge in [0.15, 0.2) is 0 Å². The molecule has 2 rings (SSSR count). The molecule has 98 valence electrons. The number of rotatable bonds is 4. The molecule has 0 unspecified atom stereocenters. The zero-order valence-corrected chi connectivity index (χ0v) is 10.7. The zero-order valence-electron chi connectivity index (χ0n) is 10.7. The van der Waals surface area contributed by atoms with Gasteiger partial charge in [0.25, 0.3) is 0 Å². The Hall–Kier alpha value is -2.56. The molecule has 19 heavy (non-hydrogen) atoms. The van der Waals surface area contributed by atoms with E-state index in [1.807, 2.05) is 36.2 Å². The highest BCUT2D eigenvalue weighted by Crippen LogP contribution is 2.24. The molecule has 1 aromatic carbocycles. The fourth-order valence-corrected chi connectivity index (χ4v) is 1.67. The average Bonchev–Trinajstić information content (AvgIpc) is 2.46. The molecule has 5 heteroatoms. The van der Waals surface area contributed by atoms with E-state index in [1.165, 1.54) is 18.3 Å². The quantitative estimate of drug-likeness (QED) is 0.913. The van der Waals surface area contributed by atoms with Gasteiger partial charge in [-0.2, -0.15) is 0 Å². The van der Waals surface area contributed by atoms with Crippen molar-refractivity contribution >= 4 is 17.5 Å². The molecule has 0 aliphatic carbocycles. The summed E-state index contributed by atoms with van der Waals surface area (Å²) in [5.41, 5.74) is 1.11. The minimum absolute atomic E-state index is 0.213. The fraction of sp³-hybridized carbons (Fsp3) is 0.143. The van der Waals surface area contributed by atoms with E-state index in [4.69, 9.17) is 9.84 Å². The number of ether oxygens (including phenoxy) is 1. The first-order valence-electron chi connectivity index (χ1n) is 5.69. The third-order valence-electron chi connectivity index (χ3n) is 2.80. The predicted molar refractivity (Wildman–Crippen MR) is 72.3 cm³/mol. The number of carboxylic acids is 1. The van der Waals surface area contributed by atoms with E-state index in [-0.39, 0.29) is 5.56 Å². The van der Waals surface area contributed by atoms with Crippen molar-refractivity contribution in [3.8, 4) is 5.75 Å². The fourth-order valence-electron chi connectivity index (χ4n) is 1.67.